The molecule has 0 aliphatic rings. The van der Waals surface area contributed by atoms with Crippen molar-refractivity contribution in [2.24, 2.45) is 0 Å². The molecule has 0 saturated heterocycles. The van der Waals surface area contributed by atoms with Crippen molar-refractivity contribution in [3.8, 4) is 11.5 Å². The van der Waals surface area contributed by atoms with Crippen molar-refractivity contribution in [2.45, 2.75) is 68.4 Å². The number of ether oxygens (including phenoxy) is 1. The largest absolute Gasteiger partial charge is 0.507 e. The highest BCUT2D eigenvalue weighted by Gasteiger charge is 2.31. The van der Waals surface area contributed by atoms with Crippen LogP contribution in [0.4, 0.5) is 13.2 Å². The number of hydrogen-bond donors (Lipinski definition) is 3. The number of carboxylic acids is 1. The van der Waals surface area contributed by atoms with Crippen LogP contribution in [0, 0.1) is 0 Å². The Morgan fingerprint density at radius 1 is 1.04 bits per heavy atom. The van der Waals surface area contributed by atoms with Gasteiger partial charge in [-0.2, -0.15) is 13.2 Å². The number of halogens is 3. The zero-order chi connectivity index (χ0) is 36.4. The monoisotopic (exact) mass is 710 g/mol. The van der Waals surface area contributed by atoms with Crippen LogP contribution < -0.4 is 10.2 Å². The number of carbonyl (C=O) groups is 2. The predicted molar refractivity (Wildman–Crippen MR) is 185 cm³/mol. The Bertz CT molecular complexity index is 1950. The third-order valence-corrected chi connectivity index (χ3v) is 8.95. The highest BCUT2D eigenvalue weighted by Crippen LogP contribution is 2.37. The lowest BCUT2D eigenvalue weighted by Crippen LogP contribution is -2.14. The van der Waals surface area contributed by atoms with Crippen molar-refractivity contribution in [3.05, 3.63) is 123 Å². The molecule has 4 rings (SSSR count). The molecule has 1 heterocycles. The quantitative estimate of drug-likeness (QED) is 0.0451. The van der Waals surface area contributed by atoms with E-state index >= 15 is 0 Å². The number of benzene rings is 3. The molecule has 0 radical (unpaired) electrons. The topological polar surface area (TPSA) is 134 Å². The first-order valence-electron chi connectivity index (χ1n) is 15.9. The van der Waals surface area contributed by atoms with Gasteiger partial charge in [0, 0.05) is 16.5 Å². The molecular formula is C38H37F3O8S. The summed E-state index contributed by atoms with van der Waals surface area (Å²) in [5.41, 5.74) is -0.485. The van der Waals surface area contributed by atoms with Gasteiger partial charge < -0.3 is 24.5 Å². The van der Waals surface area contributed by atoms with Crippen LogP contribution in [0.1, 0.15) is 83.2 Å². The van der Waals surface area contributed by atoms with Crippen LogP contribution in [0.2, 0.25) is 0 Å². The van der Waals surface area contributed by atoms with Crippen molar-refractivity contribution in [1.82, 2.24) is 0 Å². The number of aromatic carboxylic acids is 1. The Balaban J connectivity index is 1.44. The number of alkyl halides is 3. The number of phenolic OH excluding ortho intramolecular Hbond substituents is 1. The van der Waals surface area contributed by atoms with Gasteiger partial charge in [0.15, 0.2) is 11.2 Å². The first-order valence-corrected chi connectivity index (χ1v) is 16.8. The van der Waals surface area contributed by atoms with E-state index in [1.54, 1.807) is 36.4 Å². The number of rotatable bonds is 16. The van der Waals surface area contributed by atoms with Crippen molar-refractivity contribution >= 4 is 34.5 Å². The van der Waals surface area contributed by atoms with E-state index in [0.717, 1.165) is 42.8 Å². The van der Waals surface area contributed by atoms with E-state index in [2.05, 4.69) is 0 Å². The van der Waals surface area contributed by atoms with Crippen LogP contribution in [0.5, 0.6) is 11.5 Å². The molecule has 0 spiro atoms. The van der Waals surface area contributed by atoms with Gasteiger partial charge in [-0.15, -0.1) is 11.8 Å². The van der Waals surface area contributed by atoms with Gasteiger partial charge in [-0.3, -0.25) is 9.59 Å². The summed E-state index contributed by atoms with van der Waals surface area (Å²) in [5.74, 6) is -1.66. The Labute approximate surface area is 290 Å². The molecule has 1 aromatic heterocycles. The number of aliphatic hydroxyl groups is 1. The first-order chi connectivity index (χ1) is 23.8. The van der Waals surface area contributed by atoms with Gasteiger partial charge in [-0.05, 0) is 80.6 Å². The van der Waals surface area contributed by atoms with Gasteiger partial charge in [-0.1, -0.05) is 49.8 Å². The summed E-state index contributed by atoms with van der Waals surface area (Å²) in [6.45, 7) is 3.78. The lowest BCUT2D eigenvalue weighted by atomic mass is 10.0. The van der Waals surface area contributed by atoms with Gasteiger partial charge in [0.1, 0.15) is 17.1 Å². The van der Waals surface area contributed by atoms with Crippen LogP contribution in [-0.4, -0.2) is 38.9 Å². The maximum Gasteiger partial charge on any atom is 0.416 e. The number of unbranched alkanes of at least 4 members (excludes halogenated alkanes) is 2. The van der Waals surface area contributed by atoms with Crippen molar-refractivity contribution in [3.63, 3.8) is 0 Å². The molecule has 264 valence electrons. The van der Waals surface area contributed by atoms with Crippen molar-refractivity contribution < 1.29 is 47.2 Å². The molecule has 0 aliphatic carbocycles. The summed E-state index contributed by atoms with van der Waals surface area (Å²) in [6.07, 6.45) is 4.56. The summed E-state index contributed by atoms with van der Waals surface area (Å²) in [6, 6.07) is 13.1. The molecule has 0 fully saturated rings. The summed E-state index contributed by atoms with van der Waals surface area (Å²) in [7, 11) is 0. The van der Waals surface area contributed by atoms with Gasteiger partial charge >= 0.3 is 12.1 Å². The maximum absolute atomic E-state index is 13.4. The first kappa shape index (κ1) is 38.0. The van der Waals surface area contributed by atoms with Crippen LogP contribution >= 0.6 is 11.8 Å². The number of aliphatic hydroxyl groups excluding tert-OH is 1. The third-order valence-electron chi connectivity index (χ3n) is 7.74. The Hall–Kier alpha value is -4.81. The molecule has 0 bridgehead atoms. The van der Waals surface area contributed by atoms with Gasteiger partial charge in [0.25, 0.3) is 0 Å². The highest BCUT2D eigenvalue weighted by atomic mass is 32.2. The highest BCUT2D eigenvalue weighted by molar-refractivity contribution is 8.00. The number of Topliss-reactive ketones (excluding diaryl/α,β-unsaturated/α-hetero) is 1. The fraction of sp³-hybridized carbons (Fsp3) is 0.289. The number of thioether (sulfide) groups is 1. The van der Waals surface area contributed by atoms with E-state index in [4.69, 9.17) is 9.15 Å². The summed E-state index contributed by atoms with van der Waals surface area (Å²) in [5, 5.41) is 30.4. The molecule has 12 heteroatoms. The molecule has 8 nitrogen and oxygen atoms in total. The Kier molecular flexibility index (Phi) is 13.1. The van der Waals surface area contributed by atoms with E-state index in [-0.39, 0.29) is 33.6 Å². The molecule has 0 aliphatic heterocycles. The molecule has 2 atom stereocenters. The summed E-state index contributed by atoms with van der Waals surface area (Å²) < 4.78 is 51.6. The lowest BCUT2D eigenvalue weighted by molar-refractivity contribution is -0.137. The molecule has 3 N–H and O–H groups in total. The maximum atomic E-state index is 13.4. The fourth-order valence-corrected chi connectivity index (χ4v) is 6.28. The number of aromatic hydroxyl groups is 1. The number of carboxylic acid groups (broad SMARTS) is 1. The van der Waals surface area contributed by atoms with Crippen molar-refractivity contribution in [1.29, 1.82) is 0 Å². The van der Waals surface area contributed by atoms with E-state index in [1.165, 1.54) is 31.2 Å². The summed E-state index contributed by atoms with van der Waals surface area (Å²) >= 11 is 1.11. The minimum atomic E-state index is -4.60. The van der Waals surface area contributed by atoms with Crippen LogP contribution in [0.15, 0.2) is 99.1 Å². The summed E-state index contributed by atoms with van der Waals surface area (Å²) in [4.78, 5) is 36.0. The second-order valence-electron chi connectivity index (χ2n) is 11.5. The smallest absolute Gasteiger partial charge is 0.416 e. The predicted octanol–water partition coefficient (Wildman–Crippen LogP) is 8.93. The van der Waals surface area contributed by atoms with Crippen LogP contribution in [-0.2, 0) is 12.6 Å². The number of hydrogen-bond acceptors (Lipinski definition) is 8. The standard InChI is InChI=1S/C38H37F3O8S/c1-3-11-29-31(18-17-27(23(2)42)36(29)45)48-19-9-7-5-4-6-8-14-34(35(44)24-12-10-13-25(20-24)38(39,40)41)50-26-15-16-28-30(43)22-33(37(46)47)49-32(28)21-26/h4,6,8,10,12-18,20-22,34-35,44-45H,3,5,7,9,11,19H2,1-2H3,(H,46,47)/t34-,35+/m0/s1. The number of allylic oxidation sites excluding steroid dienone is 3. The second kappa shape index (κ2) is 17.2. The molecule has 0 unspecified atom stereocenters. The molecule has 50 heavy (non-hydrogen) atoms. The van der Waals surface area contributed by atoms with E-state index in [0.29, 0.717) is 42.1 Å². The normalized spacial score (nSPS) is 13.2. The van der Waals surface area contributed by atoms with Crippen molar-refractivity contribution in [2.75, 3.05) is 6.61 Å². The molecule has 4 aromatic rings. The third kappa shape index (κ3) is 9.88. The van der Waals surface area contributed by atoms with Crippen LogP contribution in [0.25, 0.3) is 11.0 Å². The lowest BCUT2D eigenvalue weighted by Gasteiger charge is -2.21. The average Bonchev–Trinajstić information content (AvgIpc) is 3.07. The number of ketones is 1. The SMILES string of the molecule is CCCc1c(OCCCCC=CC=C[C@H](Sc2ccc3c(=O)cc(C(=O)O)oc3c2)[C@H](O)c2cccc(C(F)(F)F)c2)ccc(C(C)=O)c1O. The van der Waals surface area contributed by atoms with Gasteiger partial charge in [0.05, 0.1) is 34.5 Å². The number of fused-ring (bicyclic) bond motifs is 1. The zero-order valence-corrected chi connectivity index (χ0v) is 28.2. The molecule has 3 aromatic carbocycles. The Morgan fingerprint density at radius 3 is 2.52 bits per heavy atom. The average molecular weight is 711 g/mol. The van der Waals surface area contributed by atoms with Crippen LogP contribution in [0.3, 0.4) is 0 Å². The zero-order valence-electron chi connectivity index (χ0n) is 27.4. The van der Waals surface area contributed by atoms with E-state index < -0.39 is 40.3 Å². The van der Waals surface area contributed by atoms with Gasteiger partial charge in [0.2, 0.25) is 5.76 Å². The molecule has 0 amide bonds. The number of phenols is 1. The fourth-order valence-electron chi connectivity index (χ4n) is 5.19. The van der Waals surface area contributed by atoms with E-state index in [9.17, 15) is 42.9 Å². The minimum absolute atomic E-state index is 0.0199. The van der Waals surface area contributed by atoms with E-state index in [1.807, 2.05) is 13.0 Å². The molecule has 0 saturated carbocycles. The van der Waals surface area contributed by atoms with Gasteiger partial charge in [-0.25, -0.2) is 4.79 Å². The second-order valence-corrected chi connectivity index (χ2v) is 12.7. The molecular weight excluding hydrogens is 673 g/mol. The Morgan fingerprint density at radius 2 is 1.82 bits per heavy atom. The number of carbonyl (C=O) groups excluding carboxylic acids is 1. The minimum Gasteiger partial charge on any atom is -0.507 e.